The third-order valence-corrected chi connectivity index (χ3v) is 4.28. The van der Waals surface area contributed by atoms with Crippen molar-refractivity contribution in [3.05, 3.63) is 53.4 Å². The maximum Gasteiger partial charge on any atom is 0.250 e. The summed E-state index contributed by atoms with van der Waals surface area (Å²) in [5.74, 6) is -0.365. The summed E-state index contributed by atoms with van der Waals surface area (Å²) in [6.45, 7) is 11.5. The number of aliphatic hydroxyl groups excluding tert-OH is 1. The first-order chi connectivity index (χ1) is 12.8. The van der Waals surface area contributed by atoms with Crippen molar-refractivity contribution in [1.29, 1.82) is 0 Å². The molecule has 1 heterocycles. The molecule has 144 valence electrons. The molecule has 2 rings (SSSR count). The molecule has 0 saturated heterocycles. The largest absolute Gasteiger partial charge is 0.394 e. The van der Waals surface area contributed by atoms with Crippen molar-refractivity contribution >= 4 is 23.2 Å². The zero-order chi connectivity index (χ0) is 20.1. The van der Waals surface area contributed by atoms with E-state index in [4.69, 9.17) is 5.11 Å². The number of hydrogen-bond acceptors (Lipinski definition) is 4. The molecule has 7 nitrogen and oxygen atoms in total. The Labute approximate surface area is 159 Å². The van der Waals surface area contributed by atoms with E-state index in [9.17, 15) is 9.59 Å². The molecular formula is C20H26N4O3. The normalized spacial score (nSPS) is 10.6. The quantitative estimate of drug-likeness (QED) is 0.733. The summed E-state index contributed by atoms with van der Waals surface area (Å²) in [4.78, 5) is 25.5. The lowest BCUT2D eigenvalue weighted by Gasteiger charge is -2.23. The molecule has 0 saturated carbocycles. The van der Waals surface area contributed by atoms with Crippen LogP contribution in [0.3, 0.4) is 0 Å². The van der Waals surface area contributed by atoms with E-state index in [1.165, 1.54) is 13.0 Å². The number of rotatable bonds is 7. The minimum atomic E-state index is -0.226. The third-order valence-electron chi connectivity index (χ3n) is 4.28. The van der Waals surface area contributed by atoms with Crippen LogP contribution in [0.2, 0.25) is 0 Å². The standard InChI is InChI=1S/C20H26N4O3/c1-6-19(27)24(12-17-11-23(7-8-25)22-15(17)4)18-9-13(2)20(14(3)10-18)21-16(5)26/h6,9-11,25H,1,7-8,12H2,2-5H3,(H,21,26). The van der Waals surface area contributed by atoms with E-state index < -0.39 is 0 Å². The van der Waals surface area contributed by atoms with E-state index in [0.29, 0.717) is 13.1 Å². The second kappa shape index (κ2) is 8.64. The smallest absolute Gasteiger partial charge is 0.250 e. The molecule has 0 atom stereocenters. The number of benzene rings is 1. The first kappa shape index (κ1) is 20.4. The third kappa shape index (κ3) is 4.83. The fourth-order valence-corrected chi connectivity index (χ4v) is 2.98. The molecule has 0 unspecified atom stereocenters. The van der Waals surface area contributed by atoms with E-state index >= 15 is 0 Å². The van der Waals surface area contributed by atoms with Gasteiger partial charge < -0.3 is 15.3 Å². The molecule has 0 aliphatic heterocycles. The molecule has 27 heavy (non-hydrogen) atoms. The summed E-state index contributed by atoms with van der Waals surface area (Å²) in [6, 6.07) is 3.74. The van der Waals surface area contributed by atoms with Crippen molar-refractivity contribution in [2.24, 2.45) is 0 Å². The van der Waals surface area contributed by atoms with Gasteiger partial charge in [-0.3, -0.25) is 14.3 Å². The highest BCUT2D eigenvalue weighted by atomic mass is 16.3. The Morgan fingerprint density at radius 2 is 1.93 bits per heavy atom. The van der Waals surface area contributed by atoms with Crippen LogP contribution < -0.4 is 10.2 Å². The molecule has 7 heteroatoms. The number of nitrogens with one attached hydrogen (secondary N) is 1. The summed E-state index contributed by atoms with van der Waals surface area (Å²) < 4.78 is 1.66. The van der Waals surface area contributed by atoms with Crippen LogP contribution in [0, 0.1) is 20.8 Å². The Kier molecular flexibility index (Phi) is 6.52. The monoisotopic (exact) mass is 370 g/mol. The first-order valence-electron chi connectivity index (χ1n) is 8.73. The maximum absolute atomic E-state index is 12.5. The van der Waals surface area contributed by atoms with Crippen LogP contribution in [0.5, 0.6) is 0 Å². The Morgan fingerprint density at radius 1 is 1.30 bits per heavy atom. The predicted molar refractivity (Wildman–Crippen MR) is 106 cm³/mol. The summed E-state index contributed by atoms with van der Waals surface area (Å²) in [6.07, 6.45) is 3.11. The number of hydrogen-bond donors (Lipinski definition) is 2. The number of carbonyl (C=O) groups excluding carboxylic acids is 2. The Balaban J connectivity index is 2.41. The van der Waals surface area contributed by atoms with Gasteiger partial charge in [-0.25, -0.2) is 0 Å². The first-order valence-corrected chi connectivity index (χ1v) is 8.73. The zero-order valence-electron chi connectivity index (χ0n) is 16.2. The van der Waals surface area contributed by atoms with Crippen LogP contribution in [-0.4, -0.2) is 33.3 Å². The second-order valence-electron chi connectivity index (χ2n) is 6.49. The molecule has 1 aromatic heterocycles. The Bertz CT molecular complexity index is 847. The molecule has 1 aromatic carbocycles. The number of aromatic nitrogens is 2. The maximum atomic E-state index is 12.5. The summed E-state index contributed by atoms with van der Waals surface area (Å²) in [5.41, 5.74) is 4.90. The molecule has 0 aliphatic carbocycles. The van der Waals surface area contributed by atoms with E-state index in [0.717, 1.165) is 33.8 Å². The molecule has 2 aromatic rings. The average Bonchev–Trinajstić information content (AvgIpc) is 2.94. The van der Waals surface area contributed by atoms with Crippen LogP contribution in [-0.2, 0) is 22.7 Å². The molecule has 0 radical (unpaired) electrons. The highest BCUT2D eigenvalue weighted by molar-refractivity contribution is 6.01. The molecule has 2 amide bonds. The number of carbonyl (C=O) groups is 2. The fourth-order valence-electron chi connectivity index (χ4n) is 2.98. The highest BCUT2D eigenvalue weighted by Crippen LogP contribution is 2.29. The summed E-state index contributed by atoms with van der Waals surface area (Å²) in [7, 11) is 0. The van der Waals surface area contributed by atoms with E-state index in [1.54, 1.807) is 9.58 Å². The van der Waals surface area contributed by atoms with Gasteiger partial charge in [0, 0.05) is 30.1 Å². The Hall–Kier alpha value is -2.93. The van der Waals surface area contributed by atoms with Crippen molar-refractivity contribution in [2.45, 2.75) is 40.8 Å². The van der Waals surface area contributed by atoms with Crippen LogP contribution >= 0.6 is 0 Å². The van der Waals surface area contributed by atoms with Crippen molar-refractivity contribution in [3.8, 4) is 0 Å². The van der Waals surface area contributed by atoms with Gasteiger partial charge in [0.05, 0.1) is 25.4 Å². The predicted octanol–water partition coefficient (Wildman–Crippen LogP) is 2.48. The van der Waals surface area contributed by atoms with Gasteiger partial charge in [0.1, 0.15) is 0 Å². The highest BCUT2D eigenvalue weighted by Gasteiger charge is 2.18. The lowest BCUT2D eigenvalue weighted by atomic mass is 10.1. The minimum Gasteiger partial charge on any atom is -0.394 e. The van der Waals surface area contributed by atoms with Crippen LogP contribution in [0.15, 0.2) is 31.0 Å². The second-order valence-corrected chi connectivity index (χ2v) is 6.49. The van der Waals surface area contributed by atoms with Crippen molar-refractivity contribution in [1.82, 2.24) is 9.78 Å². The SMILES string of the molecule is C=CC(=O)N(Cc1cn(CCO)nc1C)c1cc(C)c(NC(C)=O)c(C)c1. The molecule has 0 bridgehead atoms. The lowest BCUT2D eigenvalue weighted by Crippen LogP contribution is -2.29. The Morgan fingerprint density at radius 3 is 2.44 bits per heavy atom. The van der Waals surface area contributed by atoms with E-state index in [-0.39, 0.29) is 18.4 Å². The number of aliphatic hydroxyl groups is 1. The van der Waals surface area contributed by atoms with Gasteiger partial charge in [0.25, 0.3) is 5.91 Å². The van der Waals surface area contributed by atoms with Crippen LogP contribution in [0.1, 0.15) is 29.3 Å². The van der Waals surface area contributed by atoms with Crippen molar-refractivity contribution < 1.29 is 14.7 Å². The molecule has 2 N–H and O–H groups in total. The van der Waals surface area contributed by atoms with Gasteiger partial charge in [-0.05, 0) is 50.1 Å². The molecule has 0 fully saturated rings. The van der Waals surface area contributed by atoms with Gasteiger partial charge in [-0.15, -0.1) is 0 Å². The number of aryl methyl sites for hydroxylation is 3. The van der Waals surface area contributed by atoms with Crippen LogP contribution in [0.4, 0.5) is 11.4 Å². The molecular weight excluding hydrogens is 344 g/mol. The van der Waals surface area contributed by atoms with Crippen LogP contribution in [0.25, 0.3) is 0 Å². The average molecular weight is 370 g/mol. The fraction of sp³-hybridized carbons (Fsp3) is 0.350. The van der Waals surface area contributed by atoms with E-state index in [2.05, 4.69) is 17.0 Å². The summed E-state index contributed by atoms with van der Waals surface area (Å²) >= 11 is 0. The van der Waals surface area contributed by atoms with Crippen molar-refractivity contribution in [2.75, 3.05) is 16.8 Å². The van der Waals surface area contributed by atoms with Gasteiger partial charge in [-0.2, -0.15) is 5.10 Å². The van der Waals surface area contributed by atoms with Crippen molar-refractivity contribution in [3.63, 3.8) is 0 Å². The molecule has 0 aliphatic rings. The zero-order valence-corrected chi connectivity index (χ0v) is 16.2. The van der Waals surface area contributed by atoms with Gasteiger partial charge in [0.15, 0.2) is 0 Å². The summed E-state index contributed by atoms with van der Waals surface area (Å²) in [5, 5.41) is 16.3. The number of amides is 2. The number of anilines is 2. The van der Waals surface area contributed by atoms with Gasteiger partial charge >= 0.3 is 0 Å². The van der Waals surface area contributed by atoms with E-state index in [1.807, 2.05) is 39.1 Å². The lowest BCUT2D eigenvalue weighted by molar-refractivity contribution is -0.115. The molecule has 0 spiro atoms. The minimum absolute atomic E-state index is 0.00113. The van der Waals surface area contributed by atoms with Gasteiger partial charge in [0.2, 0.25) is 5.91 Å². The number of nitrogens with zero attached hydrogens (tertiary/aromatic N) is 3. The van der Waals surface area contributed by atoms with Gasteiger partial charge in [-0.1, -0.05) is 6.58 Å². The topological polar surface area (TPSA) is 87.5 Å².